The minimum atomic E-state index is -0.484. The fraction of sp³-hybridized carbons (Fsp3) is 0.636. The third-order valence-electron chi connectivity index (χ3n) is 2.39. The number of hydrogen-bond donors (Lipinski definition) is 1. The predicted octanol–water partition coefficient (Wildman–Crippen LogP) is 0.979. The molecule has 94 valence electrons. The van der Waals surface area contributed by atoms with E-state index in [0.717, 1.165) is 6.42 Å². The highest BCUT2D eigenvalue weighted by Gasteiger charge is 2.32. The maximum absolute atomic E-state index is 5.65. The van der Waals surface area contributed by atoms with Crippen LogP contribution in [0.4, 0.5) is 5.82 Å². The minimum Gasteiger partial charge on any atom is -0.476 e. The summed E-state index contributed by atoms with van der Waals surface area (Å²) in [5.74, 6) is 0.300. The van der Waals surface area contributed by atoms with Crippen LogP contribution in [-0.4, -0.2) is 35.1 Å². The zero-order valence-corrected chi connectivity index (χ0v) is 10.0. The fourth-order valence-electron chi connectivity index (χ4n) is 1.63. The lowest BCUT2D eigenvalue weighted by Gasteiger charge is -2.17. The van der Waals surface area contributed by atoms with Crippen LogP contribution in [0.25, 0.3) is 0 Å². The van der Waals surface area contributed by atoms with E-state index < -0.39 is 5.79 Å². The molecule has 2 rings (SSSR count). The molecule has 1 fully saturated rings. The largest absolute Gasteiger partial charge is 0.476 e. The summed E-state index contributed by atoms with van der Waals surface area (Å²) in [5, 5.41) is 0. The SMILES string of the molecule is CC1(C)OC[C@@H](CCOc2cncc(N)n2)O1. The molecular weight excluding hydrogens is 222 g/mol. The number of ether oxygens (including phenoxy) is 3. The molecule has 0 radical (unpaired) electrons. The number of rotatable bonds is 4. The van der Waals surface area contributed by atoms with Gasteiger partial charge < -0.3 is 19.9 Å². The molecule has 1 aromatic rings. The van der Waals surface area contributed by atoms with Crippen LogP contribution < -0.4 is 10.5 Å². The van der Waals surface area contributed by atoms with E-state index >= 15 is 0 Å². The molecule has 0 aromatic carbocycles. The van der Waals surface area contributed by atoms with Crippen LogP contribution in [0.1, 0.15) is 20.3 Å². The predicted molar refractivity (Wildman–Crippen MR) is 61.5 cm³/mol. The van der Waals surface area contributed by atoms with Crippen molar-refractivity contribution in [3.8, 4) is 5.88 Å². The second kappa shape index (κ2) is 4.85. The highest BCUT2D eigenvalue weighted by atomic mass is 16.7. The molecular formula is C11H17N3O3. The van der Waals surface area contributed by atoms with Gasteiger partial charge in [-0.25, -0.2) is 0 Å². The van der Waals surface area contributed by atoms with Crippen LogP contribution >= 0.6 is 0 Å². The van der Waals surface area contributed by atoms with Crippen molar-refractivity contribution in [3.63, 3.8) is 0 Å². The first kappa shape index (κ1) is 12.1. The Morgan fingerprint density at radius 2 is 2.35 bits per heavy atom. The molecule has 17 heavy (non-hydrogen) atoms. The maximum atomic E-state index is 5.65. The highest BCUT2D eigenvalue weighted by molar-refractivity contribution is 5.25. The number of nitrogens with two attached hydrogens (primary N) is 1. The van der Waals surface area contributed by atoms with Gasteiger partial charge in [0.15, 0.2) is 5.79 Å². The molecule has 0 bridgehead atoms. The van der Waals surface area contributed by atoms with Gasteiger partial charge in [-0.2, -0.15) is 4.98 Å². The van der Waals surface area contributed by atoms with Crippen LogP contribution in [0.3, 0.4) is 0 Å². The van der Waals surface area contributed by atoms with E-state index in [1.807, 2.05) is 13.8 Å². The Labute approximate surface area is 100 Å². The summed E-state index contributed by atoms with van der Waals surface area (Å²) in [4.78, 5) is 7.88. The van der Waals surface area contributed by atoms with Crippen molar-refractivity contribution in [2.24, 2.45) is 0 Å². The van der Waals surface area contributed by atoms with E-state index in [9.17, 15) is 0 Å². The molecule has 0 saturated carbocycles. The van der Waals surface area contributed by atoms with Crippen LogP contribution in [0.5, 0.6) is 5.88 Å². The first-order valence-corrected chi connectivity index (χ1v) is 5.57. The van der Waals surface area contributed by atoms with E-state index in [4.69, 9.17) is 19.9 Å². The van der Waals surface area contributed by atoms with Gasteiger partial charge in [0.25, 0.3) is 0 Å². The summed E-state index contributed by atoms with van der Waals surface area (Å²) in [6.07, 6.45) is 3.83. The van der Waals surface area contributed by atoms with Gasteiger partial charge in [0.2, 0.25) is 5.88 Å². The molecule has 1 atom stereocenters. The number of anilines is 1. The molecule has 1 aliphatic rings. The molecule has 2 heterocycles. The van der Waals surface area contributed by atoms with Gasteiger partial charge in [-0.15, -0.1) is 0 Å². The first-order valence-electron chi connectivity index (χ1n) is 5.57. The van der Waals surface area contributed by atoms with Crippen molar-refractivity contribution in [1.82, 2.24) is 9.97 Å². The summed E-state index contributed by atoms with van der Waals surface area (Å²) in [6, 6.07) is 0. The van der Waals surface area contributed by atoms with Crippen LogP contribution in [0, 0.1) is 0 Å². The molecule has 2 N–H and O–H groups in total. The van der Waals surface area contributed by atoms with Crippen molar-refractivity contribution >= 4 is 5.82 Å². The Balaban J connectivity index is 1.73. The maximum Gasteiger partial charge on any atom is 0.234 e. The van der Waals surface area contributed by atoms with Crippen molar-refractivity contribution in [2.75, 3.05) is 18.9 Å². The Morgan fingerprint density at radius 1 is 1.53 bits per heavy atom. The summed E-state index contributed by atoms with van der Waals surface area (Å²) in [6.45, 7) is 4.90. The van der Waals surface area contributed by atoms with Gasteiger partial charge >= 0.3 is 0 Å². The smallest absolute Gasteiger partial charge is 0.234 e. The summed E-state index contributed by atoms with van der Waals surface area (Å²) < 4.78 is 16.5. The Hall–Kier alpha value is -1.40. The first-order chi connectivity index (χ1) is 8.05. The van der Waals surface area contributed by atoms with Crippen molar-refractivity contribution in [1.29, 1.82) is 0 Å². The summed E-state index contributed by atoms with van der Waals surface area (Å²) in [7, 11) is 0. The minimum absolute atomic E-state index is 0.0685. The second-order valence-electron chi connectivity index (χ2n) is 4.37. The third-order valence-corrected chi connectivity index (χ3v) is 2.39. The molecule has 1 aliphatic heterocycles. The molecule has 0 unspecified atom stereocenters. The number of hydrogen-bond acceptors (Lipinski definition) is 6. The topological polar surface area (TPSA) is 79.5 Å². The van der Waals surface area contributed by atoms with Crippen LogP contribution in [-0.2, 0) is 9.47 Å². The van der Waals surface area contributed by atoms with E-state index in [2.05, 4.69) is 9.97 Å². The van der Waals surface area contributed by atoms with Crippen molar-refractivity contribution < 1.29 is 14.2 Å². The van der Waals surface area contributed by atoms with E-state index in [1.54, 1.807) is 0 Å². The molecule has 6 nitrogen and oxygen atoms in total. The van der Waals surface area contributed by atoms with Crippen LogP contribution in [0.2, 0.25) is 0 Å². The van der Waals surface area contributed by atoms with E-state index in [-0.39, 0.29) is 6.10 Å². The summed E-state index contributed by atoms with van der Waals surface area (Å²) >= 11 is 0. The van der Waals surface area contributed by atoms with Crippen molar-refractivity contribution in [3.05, 3.63) is 12.4 Å². The molecule has 1 saturated heterocycles. The Kier molecular flexibility index (Phi) is 3.44. The lowest BCUT2D eigenvalue weighted by molar-refractivity contribution is -0.139. The molecule has 0 amide bonds. The number of aromatic nitrogens is 2. The molecule has 0 aliphatic carbocycles. The summed E-state index contributed by atoms with van der Waals surface area (Å²) in [5.41, 5.74) is 5.49. The van der Waals surface area contributed by atoms with Gasteiger partial charge in [-0.3, -0.25) is 4.98 Å². The molecule has 0 spiro atoms. The normalized spacial score (nSPS) is 22.6. The van der Waals surface area contributed by atoms with Gasteiger partial charge in [0.05, 0.1) is 31.7 Å². The lowest BCUT2D eigenvalue weighted by Crippen LogP contribution is -2.22. The Bertz CT molecular complexity index is 384. The zero-order chi connectivity index (χ0) is 12.3. The van der Waals surface area contributed by atoms with Gasteiger partial charge in [0, 0.05) is 6.42 Å². The van der Waals surface area contributed by atoms with Gasteiger partial charge in [-0.05, 0) is 13.8 Å². The quantitative estimate of drug-likeness (QED) is 0.843. The van der Waals surface area contributed by atoms with E-state index in [0.29, 0.717) is 24.9 Å². The molecule has 1 aromatic heterocycles. The van der Waals surface area contributed by atoms with Gasteiger partial charge in [-0.1, -0.05) is 0 Å². The number of nitrogens with zero attached hydrogens (tertiary/aromatic N) is 2. The zero-order valence-electron chi connectivity index (χ0n) is 10.0. The van der Waals surface area contributed by atoms with E-state index in [1.165, 1.54) is 12.4 Å². The highest BCUT2D eigenvalue weighted by Crippen LogP contribution is 2.24. The monoisotopic (exact) mass is 239 g/mol. The number of nitrogen functional groups attached to an aromatic ring is 1. The fourth-order valence-corrected chi connectivity index (χ4v) is 1.63. The average molecular weight is 239 g/mol. The standard InChI is InChI=1S/C11H17N3O3/c1-11(2)16-7-8(17-11)3-4-15-10-6-13-5-9(12)14-10/h5-6,8H,3-4,7H2,1-2H3,(H2,12,14)/t8-/m1/s1. The average Bonchev–Trinajstić information content (AvgIpc) is 2.58. The lowest BCUT2D eigenvalue weighted by atomic mass is 10.3. The Morgan fingerprint density at radius 3 is 3.00 bits per heavy atom. The van der Waals surface area contributed by atoms with Crippen molar-refractivity contribution in [2.45, 2.75) is 32.2 Å². The third kappa shape index (κ3) is 3.54. The second-order valence-corrected chi connectivity index (χ2v) is 4.37. The molecule has 6 heteroatoms. The van der Waals surface area contributed by atoms with Crippen LogP contribution in [0.15, 0.2) is 12.4 Å². The van der Waals surface area contributed by atoms with Gasteiger partial charge in [0.1, 0.15) is 5.82 Å².